The van der Waals surface area contributed by atoms with Crippen LogP contribution in [0.25, 0.3) is 28.9 Å². The van der Waals surface area contributed by atoms with Crippen molar-refractivity contribution in [3.05, 3.63) is 87.6 Å². The van der Waals surface area contributed by atoms with Gasteiger partial charge in [0, 0.05) is 5.02 Å². The van der Waals surface area contributed by atoms with Crippen LogP contribution in [0, 0.1) is 0 Å². The fourth-order valence-corrected chi connectivity index (χ4v) is 2.65. The molecule has 0 aliphatic rings. The first kappa shape index (κ1) is 15.4. The van der Waals surface area contributed by atoms with Gasteiger partial charge in [-0.15, -0.1) is 0 Å². The van der Waals surface area contributed by atoms with E-state index >= 15 is 0 Å². The second kappa shape index (κ2) is 6.37. The molecule has 1 N–H and O–H groups in total. The summed E-state index contributed by atoms with van der Waals surface area (Å²) < 4.78 is 1.66. The molecule has 0 aliphatic carbocycles. The number of hydrogen-bond donors (Lipinski definition) is 1. The first-order chi connectivity index (χ1) is 12.2. The van der Waals surface area contributed by atoms with Crippen LogP contribution in [0.3, 0.4) is 0 Å². The van der Waals surface area contributed by atoms with Gasteiger partial charge in [-0.05, 0) is 35.9 Å². The summed E-state index contributed by atoms with van der Waals surface area (Å²) >= 11 is 5.88. The minimum absolute atomic E-state index is 0.220. The molecule has 2 heterocycles. The van der Waals surface area contributed by atoms with E-state index in [1.807, 2.05) is 60.7 Å². The second-order valence-electron chi connectivity index (χ2n) is 5.47. The molecule has 0 fully saturated rings. The predicted octanol–water partition coefficient (Wildman–Crippen LogP) is 3.93. The van der Waals surface area contributed by atoms with E-state index in [0.29, 0.717) is 21.9 Å². The Balaban J connectivity index is 1.78. The predicted molar refractivity (Wildman–Crippen MR) is 99.9 cm³/mol. The topological polar surface area (TPSA) is 63.6 Å². The van der Waals surface area contributed by atoms with Crippen molar-refractivity contribution in [3.63, 3.8) is 0 Å². The standard InChI is InChI=1S/C19H13ClN4O/c20-14-9-6-13(7-10-14)8-11-17-22-18-16(19(25)23-17)12-21-24(18)15-4-2-1-3-5-15/h1-12H,(H,22,23,25). The molecule has 0 amide bonds. The molecule has 0 saturated heterocycles. The van der Waals surface area contributed by atoms with Crippen LogP contribution in [0.15, 0.2) is 65.6 Å². The molecule has 0 radical (unpaired) electrons. The summed E-state index contributed by atoms with van der Waals surface area (Å²) in [6.45, 7) is 0. The first-order valence-electron chi connectivity index (χ1n) is 7.68. The highest BCUT2D eigenvalue weighted by atomic mass is 35.5. The van der Waals surface area contributed by atoms with Gasteiger partial charge in [-0.2, -0.15) is 5.10 Å². The van der Waals surface area contributed by atoms with Crippen LogP contribution in [0.5, 0.6) is 0 Å². The van der Waals surface area contributed by atoms with E-state index in [0.717, 1.165) is 11.3 Å². The maximum absolute atomic E-state index is 12.3. The molecule has 122 valence electrons. The molecule has 0 spiro atoms. The highest BCUT2D eigenvalue weighted by molar-refractivity contribution is 6.30. The van der Waals surface area contributed by atoms with Gasteiger partial charge in [0.15, 0.2) is 5.65 Å². The summed E-state index contributed by atoms with van der Waals surface area (Å²) in [6, 6.07) is 17.0. The highest BCUT2D eigenvalue weighted by Gasteiger charge is 2.10. The molecular formula is C19H13ClN4O. The molecular weight excluding hydrogens is 336 g/mol. The molecule has 0 unspecified atom stereocenters. The number of hydrogen-bond acceptors (Lipinski definition) is 3. The van der Waals surface area contributed by atoms with Gasteiger partial charge in [0.05, 0.1) is 11.9 Å². The van der Waals surface area contributed by atoms with Gasteiger partial charge < -0.3 is 4.98 Å². The zero-order chi connectivity index (χ0) is 17.2. The van der Waals surface area contributed by atoms with Crippen molar-refractivity contribution < 1.29 is 0 Å². The van der Waals surface area contributed by atoms with Crippen LogP contribution in [-0.4, -0.2) is 19.7 Å². The Morgan fingerprint density at radius 2 is 1.76 bits per heavy atom. The van der Waals surface area contributed by atoms with Crippen molar-refractivity contribution in [3.8, 4) is 5.69 Å². The van der Waals surface area contributed by atoms with Crippen LogP contribution >= 0.6 is 11.6 Å². The van der Waals surface area contributed by atoms with Crippen LogP contribution in [-0.2, 0) is 0 Å². The lowest BCUT2D eigenvalue weighted by molar-refractivity contribution is 0.893. The number of benzene rings is 2. The Kier molecular flexibility index (Phi) is 3.91. The van der Waals surface area contributed by atoms with Crippen molar-refractivity contribution in [1.29, 1.82) is 0 Å². The number of nitrogens with zero attached hydrogens (tertiary/aromatic N) is 3. The number of nitrogens with one attached hydrogen (secondary N) is 1. The molecule has 4 rings (SSSR count). The van der Waals surface area contributed by atoms with Gasteiger partial charge in [0.2, 0.25) is 0 Å². The van der Waals surface area contributed by atoms with E-state index in [1.165, 1.54) is 6.20 Å². The maximum Gasteiger partial charge on any atom is 0.262 e. The average Bonchev–Trinajstić information content (AvgIpc) is 3.06. The van der Waals surface area contributed by atoms with E-state index in [-0.39, 0.29) is 5.56 Å². The Morgan fingerprint density at radius 1 is 1.00 bits per heavy atom. The third-order valence-corrected chi connectivity index (χ3v) is 4.01. The molecule has 0 bridgehead atoms. The van der Waals surface area contributed by atoms with Crippen molar-refractivity contribution >= 4 is 34.8 Å². The van der Waals surface area contributed by atoms with Crippen molar-refractivity contribution in [2.75, 3.05) is 0 Å². The molecule has 0 saturated carbocycles. The largest absolute Gasteiger partial charge is 0.306 e. The van der Waals surface area contributed by atoms with E-state index in [9.17, 15) is 4.79 Å². The zero-order valence-corrected chi connectivity index (χ0v) is 13.8. The zero-order valence-electron chi connectivity index (χ0n) is 13.1. The highest BCUT2D eigenvalue weighted by Crippen LogP contribution is 2.15. The number of rotatable bonds is 3. The Hall–Kier alpha value is -3.18. The Bertz CT molecular complexity index is 1110. The fraction of sp³-hybridized carbons (Fsp3) is 0. The number of aromatic nitrogens is 4. The SMILES string of the molecule is O=c1[nH]c(C=Cc2ccc(Cl)cc2)nc2c1cnn2-c1ccccc1. The monoisotopic (exact) mass is 348 g/mol. The number of aromatic amines is 1. The normalized spacial score (nSPS) is 11.4. The Morgan fingerprint density at radius 3 is 2.52 bits per heavy atom. The van der Waals surface area contributed by atoms with Gasteiger partial charge in [0.25, 0.3) is 5.56 Å². The third-order valence-electron chi connectivity index (χ3n) is 3.76. The van der Waals surface area contributed by atoms with E-state index in [1.54, 1.807) is 10.8 Å². The van der Waals surface area contributed by atoms with Crippen molar-refractivity contribution in [2.45, 2.75) is 0 Å². The number of halogens is 1. The van der Waals surface area contributed by atoms with Crippen molar-refractivity contribution in [2.24, 2.45) is 0 Å². The van der Waals surface area contributed by atoms with E-state index in [4.69, 9.17) is 11.6 Å². The molecule has 4 aromatic rings. The van der Waals surface area contributed by atoms with Gasteiger partial charge in [-0.3, -0.25) is 4.79 Å². The lowest BCUT2D eigenvalue weighted by Crippen LogP contribution is -2.10. The summed E-state index contributed by atoms with van der Waals surface area (Å²) in [5.74, 6) is 0.463. The van der Waals surface area contributed by atoms with E-state index in [2.05, 4.69) is 15.1 Å². The van der Waals surface area contributed by atoms with Crippen LogP contribution in [0.2, 0.25) is 5.02 Å². The summed E-state index contributed by atoms with van der Waals surface area (Å²) in [6.07, 6.45) is 5.15. The molecule has 6 heteroatoms. The second-order valence-corrected chi connectivity index (χ2v) is 5.90. The van der Waals surface area contributed by atoms with Gasteiger partial charge >= 0.3 is 0 Å². The molecule has 5 nitrogen and oxygen atoms in total. The fourth-order valence-electron chi connectivity index (χ4n) is 2.52. The third kappa shape index (κ3) is 3.09. The quantitative estimate of drug-likeness (QED) is 0.610. The lowest BCUT2D eigenvalue weighted by Gasteiger charge is -2.02. The van der Waals surface area contributed by atoms with Gasteiger partial charge in [-0.25, -0.2) is 9.67 Å². The summed E-state index contributed by atoms with van der Waals surface area (Å²) in [4.78, 5) is 19.6. The smallest absolute Gasteiger partial charge is 0.262 e. The summed E-state index contributed by atoms with van der Waals surface area (Å²) in [5.41, 5.74) is 2.11. The average molecular weight is 349 g/mol. The number of H-pyrrole nitrogens is 1. The minimum Gasteiger partial charge on any atom is -0.306 e. The molecule has 25 heavy (non-hydrogen) atoms. The molecule has 0 atom stereocenters. The van der Waals surface area contributed by atoms with E-state index < -0.39 is 0 Å². The summed E-state index contributed by atoms with van der Waals surface area (Å²) in [5, 5.41) is 5.42. The molecule has 2 aromatic heterocycles. The molecule has 0 aliphatic heterocycles. The number of fused-ring (bicyclic) bond motifs is 1. The van der Waals surface area contributed by atoms with Gasteiger partial charge in [0.1, 0.15) is 11.2 Å². The van der Waals surface area contributed by atoms with Crippen LogP contribution < -0.4 is 5.56 Å². The minimum atomic E-state index is -0.220. The molecule has 2 aromatic carbocycles. The van der Waals surface area contributed by atoms with Crippen LogP contribution in [0.1, 0.15) is 11.4 Å². The maximum atomic E-state index is 12.3. The van der Waals surface area contributed by atoms with Crippen molar-refractivity contribution in [1.82, 2.24) is 19.7 Å². The number of para-hydroxylation sites is 1. The van der Waals surface area contributed by atoms with Gasteiger partial charge in [-0.1, -0.05) is 48.0 Å². The first-order valence-corrected chi connectivity index (χ1v) is 8.06. The lowest BCUT2D eigenvalue weighted by atomic mass is 10.2. The Labute approximate surface area is 148 Å². The summed E-state index contributed by atoms with van der Waals surface area (Å²) in [7, 11) is 0. The van der Waals surface area contributed by atoms with Crippen LogP contribution in [0.4, 0.5) is 0 Å².